The molecule has 1 atom stereocenters. The van der Waals surface area contributed by atoms with Crippen molar-refractivity contribution in [1.29, 1.82) is 0 Å². The van der Waals surface area contributed by atoms with E-state index in [0.29, 0.717) is 19.1 Å². The Bertz CT molecular complexity index is 558. The molecule has 0 aliphatic carbocycles. The number of piperazine rings is 1. The van der Waals surface area contributed by atoms with Crippen molar-refractivity contribution in [2.45, 2.75) is 12.5 Å². The minimum Gasteiger partial charge on any atom is -0.507 e. The third-order valence-corrected chi connectivity index (χ3v) is 4.69. The van der Waals surface area contributed by atoms with Gasteiger partial charge in [-0.3, -0.25) is 9.69 Å². The Morgan fingerprint density at radius 1 is 1.23 bits per heavy atom. The lowest BCUT2D eigenvalue weighted by Gasteiger charge is -2.36. The molecule has 2 saturated heterocycles. The molecule has 0 spiro atoms. The standard InChI is InChI=1S/C16H22FN3O2/c1-18-6-8-19(9-7-18)13-4-5-20(11-13)16(22)14-10-12(17)2-3-15(14)21/h2-3,10,13,21H,4-9,11H2,1H3. The van der Waals surface area contributed by atoms with E-state index in [1.807, 2.05) is 0 Å². The lowest BCUT2D eigenvalue weighted by molar-refractivity contribution is 0.0752. The number of halogens is 1. The van der Waals surface area contributed by atoms with Crippen molar-refractivity contribution in [2.24, 2.45) is 0 Å². The van der Waals surface area contributed by atoms with Crippen molar-refractivity contribution >= 4 is 5.91 Å². The molecule has 2 fully saturated rings. The lowest BCUT2D eigenvalue weighted by atomic mass is 10.1. The molecule has 0 bridgehead atoms. The Balaban J connectivity index is 1.65. The van der Waals surface area contributed by atoms with Crippen LogP contribution in [-0.2, 0) is 0 Å². The quantitative estimate of drug-likeness (QED) is 0.885. The third kappa shape index (κ3) is 3.08. The Labute approximate surface area is 129 Å². The number of aromatic hydroxyl groups is 1. The molecule has 5 nitrogen and oxygen atoms in total. The van der Waals surface area contributed by atoms with Crippen molar-refractivity contribution in [1.82, 2.24) is 14.7 Å². The van der Waals surface area contributed by atoms with E-state index in [2.05, 4.69) is 16.8 Å². The van der Waals surface area contributed by atoms with E-state index >= 15 is 0 Å². The summed E-state index contributed by atoms with van der Waals surface area (Å²) in [5, 5.41) is 9.78. The first kappa shape index (κ1) is 15.2. The van der Waals surface area contributed by atoms with Crippen molar-refractivity contribution < 1.29 is 14.3 Å². The summed E-state index contributed by atoms with van der Waals surface area (Å²) in [6.45, 7) is 5.46. The maximum atomic E-state index is 13.3. The molecular weight excluding hydrogens is 285 g/mol. The number of carbonyl (C=O) groups is 1. The van der Waals surface area contributed by atoms with Crippen LogP contribution in [0.25, 0.3) is 0 Å². The van der Waals surface area contributed by atoms with E-state index in [4.69, 9.17) is 0 Å². The van der Waals surface area contributed by atoms with Gasteiger partial charge < -0.3 is 14.9 Å². The summed E-state index contributed by atoms with van der Waals surface area (Å²) in [6, 6.07) is 3.87. The second-order valence-corrected chi connectivity index (χ2v) is 6.19. The highest BCUT2D eigenvalue weighted by molar-refractivity contribution is 5.97. The van der Waals surface area contributed by atoms with Crippen molar-refractivity contribution in [3.63, 3.8) is 0 Å². The normalized spacial score (nSPS) is 23.9. The van der Waals surface area contributed by atoms with Gasteiger partial charge in [0.15, 0.2) is 0 Å². The SMILES string of the molecule is CN1CCN(C2CCN(C(=O)c3cc(F)ccc3O)C2)CC1. The number of rotatable bonds is 2. The van der Waals surface area contributed by atoms with Gasteiger partial charge in [-0.1, -0.05) is 0 Å². The lowest BCUT2D eigenvalue weighted by Crippen LogP contribution is -2.50. The minimum absolute atomic E-state index is 0.0547. The number of phenols is 1. The van der Waals surface area contributed by atoms with Gasteiger partial charge in [0.25, 0.3) is 5.91 Å². The number of carbonyl (C=O) groups excluding carboxylic acids is 1. The molecule has 2 heterocycles. The monoisotopic (exact) mass is 307 g/mol. The highest BCUT2D eigenvalue weighted by Gasteiger charge is 2.32. The van der Waals surface area contributed by atoms with Crippen LogP contribution in [-0.4, -0.2) is 78.1 Å². The molecule has 0 radical (unpaired) electrons. The van der Waals surface area contributed by atoms with Gasteiger partial charge in [0, 0.05) is 45.3 Å². The van der Waals surface area contributed by atoms with Crippen LogP contribution in [0.2, 0.25) is 0 Å². The average Bonchev–Trinajstić information content (AvgIpc) is 2.99. The average molecular weight is 307 g/mol. The van der Waals surface area contributed by atoms with Gasteiger partial charge in [0.1, 0.15) is 11.6 Å². The van der Waals surface area contributed by atoms with Crippen molar-refractivity contribution in [3.05, 3.63) is 29.6 Å². The van der Waals surface area contributed by atoms with E-state index in [9.17, 15) is 14.3 Å². The van der Waals surface area contributed by atoms with Gasteiger partial charge >= 0.3 is 0 Å². The third-order valence-electron chi connectivity index (χ3n) is 4.69. The summed E-state index contributed by atoms with van der Waals surface area (Å²) in [6.07, 6.45) is 0.936. The number of nitrogens with zero attached hydrogens (tertiary/aromatic N) is 3. The molecular formula is C16H22FN3O2. The van der Waals surface area contributed by atoms with Crippen LogP contribution in [0.4, 0.5) is 4.39 Å². The smallest absolute Gasteiger partial charge is 0.257 e. The van der Waals surface area contributed by atoms with E-state index in [-0.39, 0.29) is 17.2 Å². The number of benzene rings is 1. The van der Waals surface area contributed by atoms with E-state index in [0.717, 1.165) is 44.7 Å². The van der Waals surface area contributed by atoms with E-state index in [1.165, 1.54) is 6.07 Å². The summed E-state index contributed by atoms with van der Waals surface area (Å²) in [4.78, 5) is 18.9. The number of likely N-dealkylation sites (tertiary alicyclic amines) is 1. The van der Waals surface area contributed by atoms with Crippen LogP contribution in [0.3, 0.4) is 0 Å². The molecule has 22 heavy (non-hydrogen) atoms. The summed E-state index contributed by atoms with van der Waals surface area (Å²) in [5.74, 6) is -0.945. The molecule has 3 rings (SSSR count). The fourth-order valence-corrected chi connectivity index (χ4v) is 3.26. The topological polar surface area (TPSA) is 47.0 Å². The number of hydrogen-bond donors (Lipinski definition) is 1. The second-order valence-electron chi connectivity index (χ2n) is 6.19. The zero-order valence-corrected chi connectivity index (χ0v) is 12.8. The molecule has 1 N–H and O–H groups in total. The first-order chi connectivity index (χ1) is 10.5. The molecule has 1 amide bonds. The molecule has 120 valence electrons. The summed E-state index contributed by atoms with van der Waals surface area (Å²) in [5.41, 5.74) is 0.0547. The highest BCUT2D eigenvalue weighted by atomic mass is 19.1. The van der Waals surface area contributed by atoms with Crippen LogP contribution in [0.15, 0.2) is 18.2 Å². The van der Waals surface area contributed by atoms with Gasteiger partial charge in [-0.25, -0.2) is 4.39 Å². The second kappa shape index (κ2) is 6.22. The number of hydrogen-bond acceptors (Lipinski definition) is 4. The molecule has 1 aromatic rings. The molecule has 1 unspecified atom stereocenters. The molecule has 0 aromatic heterocycles. The van der Waals surface area contributed by atoms with Gasteiger partial charge in [0.2, 0.25) is 0 Å². The summed E-state index contributed by atoms with van der Waals surface area (Å²) in [7, 11) is 2.12. The van der Waals surface area contributed by atoms with Gasteiger partial charge in [-0.15, -0.1) is 0 Å². The van der Waals surface area contributed by atoms with Crippen LogP contribution < -0.4 is 0 Å². The predicted octanol–water partition coefficient (Wildman–Crippen LogP) is 0.993. The number of likely N-dealkylation sites (N-methyl/N-ethyl adjacent to an activating group) is 1. The predicted molar refractivity (Wildman–Crippen MR) is 81.4 cm³/mol. The Kier molecular flexibility index (Phi) is 4.31. The van der Waals surface area contributed by atoms with Crippen LogP contribution in [0, 0.1) is 5.82 Å². The fraction of sp³-hybridized carbons (Fsp3) is 0.562. The zero-order chi connectivity index (χ0) is 15.7. The molecule has 2 aliphatic rings. The molecule has 0 saturated carbocycles. The van der Waals surface area contributed by atoms with Crippen molar-refractivity contribution in [2.75, 3.05) is 46.3 Å². The van der Waals surface area contributed by atoms with E-state index in [1.54, 1.807) is 4.90 Å². The van der Waals surface area contributed by atoms with Gasteiger partial charge in [0.05, 0.1) is 5.56 Å². The Morgan fingerprint density at radius 3 is 2.68 bits per heavy atom. The number of phenolic OH excluding ortho intramolecular Hbond substituents is 1. The van der Waals surface area contributed by atoms with E-state index < -0.39 is 5.82 Å². The largest absolute Gasteiger partial charge is 0.507 e. The molecule has 2 aliphatic heterocycles. The minimum atomic E-state index is -0.504. The Hall–Kier alpha value is -1.66. The highest BCUT2D eigenvalue weighted by Crippen LogP contribution is 2.24. The number of amides is 1. The first-order valence-electron chi connectivity index (χ1n) is 7.75. The maximum Gasteiger partial charge on any atom is 0.257 e. The molecule has 6 heteroatoms. The van der Waals surface area contributed by atoms with Crippen LogP contribution >= 0.6 is 0 Å². The van der Waals surface area contributed by atoms with Crippen LogP contribution in [0.5, 0.6) is 5.75 Å². The maximum absolute atomic E-state index is 13.3. The fourth-order valence-electron chi connectivity index (χ4n) is 3.26. The Morgan fingerprint density at radius 2 is 1.95 bits per heavy atom. The van der Waals surface area contributed by atoms with Crippen molar-refractivity contribution in [3.8, 4) is 5.75 Å². The zero-order valence-electron chi connectivity index (χ0n) is 12.8. The molecule has 1 aromatic carbocycles. The van der Waals surface area contributed by atoms with Gasteiger partial charge in [-0.2, -0.15) is 0 Å². The van der Waals surface area contributed by atoms with Gasteiger partial charge in [-0.05, 0) is 31.7 Å². The summed E-state index contributed by atoms with van der Waals surface area (Å²) >= 11 is 0. The van der Waals surface area contributed by atoms with Crippen LogP contribution in [0.1, 0.15) is 16.8 Å². The summed E-state index contributed by atoms with van der Waals surface area (Å²) < 4.78 is 13.3. The first-order valence-corrected chi connectivity index (χ1v) is 7.75.